The van der Waals surface area contributed by atoms with Crippen molar-refractivity contribution >= 4 is 0 Å². The summed E-state index contributed by atoms with van der Waals surface area (Å²) in [5, 5.41) is 0. The molecule has 2 N–H and O–H groups in total. The molecule has 1 aliphatic rings. The van der Waals surface area contributed by atoms with Crippen LogP contribution >= 0.6 is 0 Å². The van der Waals surface area contributed by atoms with E-state index < -0.39 is 0 Å². The molecule has 1 fully saturated rings. The molecule has 0 atom stereocenters. The van der Waals surface area contributed by atoms with E-state index in [0.29, 0.717) is 6.04 Å². The average Bonchev–Trinajstić information content (AvgIpc) is 2.16. The summed E-state index contributed by atoms with van der Waals surface area (Å²) in [6.07, 6.45) is 5.06. The Hall–Kier alpha value is -0.0800. The SMILES string of the molecule is CCC(CC)CN(CC)C1CC(N)C1. The smallest absolute Gasteiger partial charge is 0.0125 e. The van der Waals surface area contributed by atoms with Gasteiger partial charge < -0.3 is 10.6 Å². The lowest BCUT2D eigenvalue weighted by molar-refractivity contribution is 0.0964. The van der Waals surface area contributed by atoms with E-state index in [1.807, 2.05) is 0 Å². The average molecular weight is 198 g/mol. The van der Waals surface area contributed by atoms with Crippen molar-refractivity contribution in [2.24, 2.45) is 11.7 Å². The third-order valence-electron chi connectivity index (χ3n) is 3.72. The minimum Gasteiger partial charge on any atom is -0.328 e. The van der Waals surface area contributed by atoms with Crippen LogP contribution < -0.4 is 5.73 Å². The van der Waals surface area contributed by atoms with Crippen molar-refractivity contribution in [3.63, 3.8) is 0 Å². The van der Waals surface area contributed by atoms with E-state index in [1.54, 1.807) is 0 Å². The van der Waals surface area contributed by atoms with E-state index in [-0.39, 0.29) is 0 Å². The highest BCUT2D eigenvalue weighted by atomic mass is 15.2. The molecule has 1 rings (SSSR count). The molecule has 0 heterocycles. The predicted molar refractivity (Wildman–Crippen MR) is 62.3 cm³/mol. The van der Waals surface area contributed by atoms with Crippen molar-refractivity contribution < 1.29 is 0 Å². The van der Waals surface area contributed by atoms with Crippen LogP contribution in [-0.4, -0.2) is 30.1 Å². The molecule has 0 spiro atoms. The van der Waals surface area contributed by atoms with E-state index in [1.165, 1.54) is 38.8 Å². The van der Waals surface area contributed by atoms with Gasteiger partial charge in [0.25, 0.3) is 0 Å². The lowest BCUT2D eigenvalue weighted by Gasteiger charge is -2.42. The minimum atomic E-state index is 0.482. The molecule has 84 valence electrons. The molecule has 0 aliphatic heterocycles. The Balaban J connectivity index is 2.31. The fourth-order valence-electron chi connectivity index (χ4n) is 2.34. The molecule has 0 aromatic heterocycles. The van der Waals surface area contributed by atoms with Crippen LogP contribution in [0.2, 0.25) is 0 Å². The summed E-state index contributed by atoms with van der Waals surface area (Å²) in [5.41, 5.74) is 5.83. The van der Waals surface area contributed by atoms with Gasteiger partial charge in [-0.05, 0) is 25.3 Å². The standard InChI is InChI=1S/C12H26N2/c1-4-10(5-2)9-14(6-3)12-7-11(13)8-12/h10-12H,4-9,13H2,1-3H3. The first-order chi connectivity index (χ1) is 6.71. The number of rotatable bonds is 6. The Bertz CT molecular complexity index is 148. The van der Waals surface area contributed by atoms with Crippen LogP contribution in [-0.2, 0) is 0 Å². The fourth-order valence-corrected chi connectivity index (χ4v) is 2.34. The summed E-state index contributed by atoms with van der Waals surface area (Å²) < 4.78 is 0. The van der Waals surface area contributed by atoms with Gasteiger partial charge in [-0.25, -0.2) is 0 Å². The maximum Gasteiger partial charge on any atom is 0.0125 e. The second-order valence-corrected chi connectivity index (χ2v) is 4.66. The Labute approximate surface area is 88.8 Å². The monoisotopic (exact) mass is 198 g/mol. The summed E-state index contributed by atoms with van der Waals surface area (Å²) in [4.78, 5) is 2.63. The van der Waals surface area contributed by atoms with Gasteiger partial charge in [0.05, 0.1) is 0 Å². The van der Waals surface area contributed by atoms with E-state index in [4.69, 9.17) is 5.73 Å². The lowest BCUT2D eigenvalue weighted by atomic mass is 9.85. The number of hydrogen-bond donors (Lipinski definition) is 1. The second kappa shape index (κ2) is 5.72. The highest BCUT2D eigenvalue weighted by Gasteiger charge is 2.30. The van der Waals surface area contributed by atoms with Crippen molar-refractivity contribution in [1.29, 1.82) is 0 Å². The molecule has 0 radical (unpaired) electrons. The van der Waals surface area contributed by atoms with Crippen molar-refractivity contribution in [3.8, 4) is 0 Å². The Kier molecular flexibility index (Phi) is 4.90. The summed E-state index contributed by atoms with van der Waals surface area (Å²) in [6.45, 7) is 9.34. The van der Waals surface area contributed by atoms with E-state index in [0.717, 1.165) is 12.0 Å². The summed E-state index contributed by atoms with van der Waals surface area (Å²) in [5.74, 6) is 0.881. The van der Waals surface area contributed by atoms with Crippen LogP contribution in [0.1, 0.15) is 46.5 Å². The zero-order valence-electron chi connectivity index (χ0n) is 10.00. The maximum atomic E-state index is 5.83. The molecule has 0 unspecified atom stereocenters. The summed E-state index contributed by atoms with van der Waals surface area (Å²) in [7, 11) is 0. The third kappa shape index (κ3) is 2.96. The van der Waals surface area contributed by atoms with Crippen LogP contribution in [0.5, 0.6) is 0 Å². The zero-order valence-corrected chi connectivity index (χ0v) is 10.00. The highest BCUT2D eigenvalue weighted by molar-refractivity contribution is 4.89. The second-order valence-electron chi connectivity index (χ2n) is 4.66. The first-order valence-electron chi connectivity index (χ1n) is 6.20. The van der Waals surface area contributed by atoms with E-state index in [2.05, 4.69) is 25.7 Å². The topological polar surface area (TPSA) is 29.3 Å². The molecule has 1 aliphatic carbocycles. The van der Waals surface area contributed by atoms with Gasteiger partial charge in [0.2, 0.25) is 0 Å². The molecule has 2 heteroatoms. The maximum absolute atomic E-state index is 5.83. The van der Waals surface area contributed by atoms with Gasteiger partial charge in [-0.2, -0.15) is 0 Å². The Morgan fingerprint density at radius 1 is 1.21 bits per heavy atom. The molecular formula is C12H26N2. The van der Waals surface area contributed by atoms with Gasteiger partial charge in [0, 0.05) is 18.6 Å². The van der Waals surface area contributed by atoms with Crippen molar-refractivity contribution in [2.45, 2.75) is 58.5 Å². The van der Waals surface area contributed by atoms with Gasteiger partial charge in [0.1, 0.15) is 0 Å². The van der Waals surface area contributed by atoms with Gasteiger partial charge in [-0.3, -0.25) is 0 Å². The third-order valence-corrected chi connectivity index (χ3v) is 3.72. The molecule has 0 aromatic carbocycles. The zero-order chi connectivity index (χ0) is 10.6. The predicted octanol–water partition coefficient (Wildman–Crippen LogP) is 2.23. The molecule has 0 amide bonds. The lowest BCUT2D eigenvalue weighted by Crippen LogP contribution is -2.51. The van der Waals surface area contributed by atoms with Crippen LogP contribution in [0, 0.1) is 5.92 Å². The van der Waals surface area contributed by atoms with Gasteiger partial charge in [0.15, 0.2) is 0 Å². The van der Waals surface area contributed by atoms with Crippen LogP contribution in [0.4, 0.5) is 0 Å². The van der Waals surface area contributed by atoms with Crippen LogP contribution in [0.3, 0.4) is 0 Å². The molecule has 2 nitrogen and oxygen atoms in total. The molecule has 0 bridgehead atoms. The van der Waals surface area contributed by atoms with Crippen LogP contribution in [0.25, 0.3) is 0 Å². The fraction of sp³-hybridized carbons (Fsp3) is 1.00. The molecule has 1 saturated carbocycles. The van der Waals surface area contributed by atoms with Gasteiger partial charge in [-0.15, -0.1) is 0 Å². The minimum absolute atomic E-state index is 0.482. The molecule has 14 heavy (non-hydrogen) atoms. The van der Waals surface area contributed by atoms with Gasteiger partial charge in [-0.1, -0.05) is 33.6 Å². The number of nitrogens with zero attached hydrogens (tertiary/aromatic N) is 1. The first kappa shape index (κ1) is 12.0. The number of nitrogens with two attached hydrogens (primary N) is 1. The quantitative estimate of drug-likeness (QED) is 0.709. The Morgan fingerprint density at radius 3 is 2.14 bits per heavy atom. The number of hydrogen-bond acceptors (Lipinski definition) is 2. The van der Waals surface area contributed by atoms with Crippen molar-refractivity contribution in [3.05, 3.63) is 0 Å². The van der Waals surface area contributed by atoms with Crippen LogP contribution in [0.15, 0.2) is 0 Å². The van der Waals surface area contributed by atoms with Gasteiger partial charge >= 0.3 is 0 Å². The Morgan fingerprint density at radius 2 is 1.79 bits per heavy atom. The first-order valence-corrected chi connectivity index (χ1v) is 6.20. The largest absolute Gasteiger partial charge is 0.328 e. The normalized spacial score (nSPS) is 27.0. The molecule has 0 aromatic rings. The van der Waals surface area contributed by atoms with Crippen molar-refractivity contribution in [2.75, 3.05) is 13.1 Å². The highest BCUT2D eigenvalue weighted by Crippen LogP contribution is 2.25. The summed E-state index contributed by atoms with van der Waals surface area (Å²) in [6, 6.07) is 1.27. The molecule has 0 saturated heterocycles. The van der Waals surface area contributed by atoms with Crippen molar-refractivity contribution in [1.82, 2.24) is 4.90 Å². The van der Waals surface area contributed by atoms with E-state index in [9.17, 15) is 0 Å². The summed E-state index contributed by atoms with van der Waals surface area (Å²) >= 11 is 0. The molecular weight excluding hydrogens is 172 g/mol. The van der Waals surface area contributed by atoms with E-state index >= 15 is 0 Å².